The zero-order valence-electron chi connectivity index (χ0n) is 11.5. The molecule has 21 heavy (non-hydrogen) atoms. The first-order valence-electron chi connectivity index (χ1n) is 6.82. The van der Waals surface area contributed by atoms with E-state index in [4.69, 9.17) is 0 Å². The molecular weight excluding hydrogens is 270 g/mol. The van der Waals surface area contributed by atoms with Gasteiger partial charge in [-0.25, -0.2) is 9.97 Å². The van der Waals surface area contributed by atoms with E-state index < -0.39 is 0 Å². The molecule has 2 aromatic heterocycles. The molecule has 2 aromatic rings. The lowest BCUT2D eigenvalue weighted by Gasteiger charge is -2.21. The van der Waals surface area contributed by atoms with Gasteiger partial charge in [0.25, 0.3) is 5.56 Å². The summed E-state index contributed by atoms with van der Waals surface area (Å²) in [5.74, 6) is 1.09. The van der Waals surface area contributed by atoms with Gasteiger partial charge in [-0.05, 0) is 12.8 Å². The highest BCUT2D eigenvalue weighted by Crippen LogP contribution is 2.38. The highest BCUT2D eigenvalue weighted by Gasteiger charge is 2.26. The Morgan fingerprint density at radius 3 is 2.90 bits per heavy atom. The number of anilines is 1. The van der Waals surface area contributed by atoms with Crippen LogP contribution in [0.15, 0.2) is 35.8 Å². The van der Waals surface area contributed by atoms with E-state index in [-0.39, 0.29) is 5.56 Å². The number of nitrogens with zero attached hydrogens (tertiary/aromatic N) is 5. The number of aromatic amines is 1. The maximum absolute atomic E-state index is 12.5. The Bertz CT molecular complexity index is 758. The summed E-state index contributed by atoms with van der Waals surface area (Å²) >= 11 is 0. The normalized spacial score (nSPS) is 18.2. The molecule has 2 aliphatic rings. The van der Waals surface area contributed by atoms with Gasteiger partial charge < -0.3 is 5.43 Å². The number of hydrazine groups is 2. The fraction of sp³-hybridized carbons (Fsp3) is 0.308. The largest absolute Gasteiger partial charge is 0.307 e. The third-order valence-electron chi connectivity index (χ3n) is 3.70. The molecule has 0 aromatic carbocycles. The zero-order valence-corrected chi connectivity index (χ0v) is 11.5. The number of hydrogen-bond acceptors (Lipinski definition) is 6. The summed E-state index contributed by atoms with van der Waals surface area (Å²) in [6.45, 7) is 0. The molecule has 0 atom stereocenters. The molecule has 3 heterocycles. The minimum Gasteiger partial charge on any atom is -0.307 e. The van der Waals surface area contributed by atoms with Crippen LogP contribution in [0, 0.1) is 0 Å². The molecule has 8 nitrogen and oxygen atoms in total. The van der Waals surface area contributed by atoms with Crippen molar-refractivity contribution in [1.82, 2.24) is 30.3 Å². The SMILES string of the molecule is CN1NC=CN1c1c[nH]n(-c2cc(C3CC3)ncn2)c1=O. The first-order valence-corrected chi connectivity index (χ1v) is 6.82. The van der Waals surface area contributed by atoms with E-state index in [2.05, 4.69) is 20.5 Å². The van der Waals surface area contributed by atoms with Gasteiger partial charge in [-0.15, -0.1) is 5.12 Å². The van der Waals surface area contributed by atoms with Crippen LogP contribution in [0.25, 0.3) is 5.82 Å². The van der Waals surface area contributed by atoms with Crippen molar-refractivity contribution in [3.63, 3.8) is 0 Å². The van der Waals surface area contributed by atoms with E-state index in [9.17, 15) is 4.79 Å². The third-order valence-corrected chi connectivity index (χ3v) is 3.70. The van der Waals surface area contributed by atoms with Crippen molar-refractivity contribution in [2.75, 3.05) is 12.1 Å². The molecule has 1 aliphatic heterocycles. The first kappa shape index (κ1) is 12.2. The van der Waals surface area contributed by atoms with Crippen molar-refractivity contribution in [3.05, 3.63) is 47.0 Å². The van der Waals surface area contributed by atoms with Crippen LogP contribution < -0.4 is 16.0 Å². The van der Waals surface area contributed by atoms with E-state index in [1.165, 1.54) is 11.0 Å². The summed E-state index contributed by atoms with van der Waals surface area (Å²) in [4.78, 5) is 21.0. The summed E-state index contributed by atoms with van der Waals surface area (Å²) in [6.07, 6.45) is 9.04. The molecule has 1 aliphatic carbocycles. The van der Waals surface area contributed by atoms with Gasteiger partial charge in [0.15, 0.2) is 5.82 Å². The van der Waals surface area contributed by atoms with Crippen molar-refractivity contribution in [3.8, 4) is 5.82 Å². The highest BCUT2D eigenvalue weighted by atomic mass is 16.1. The Labute approximate surface area is 120 Å². The van der Waals surface area contributed by atoms with Crippen molar-refractivity contribution in [2.24, 2.45) is 0 Å². The van der Waals surface area contributed by atoms with Crippen LogP contribution in [0.2, 0.25) is 0 Å². The molecule has 108 valence electrons. The van der Waals surface area contributed by atoms with Crippen LogP contribution in [0.5, 0.6) is 0 Å². The van der Waals surface area contributed by atoms with Crippen LogP contribution in [0.3, 0.4) is 0 Å². The van der Waals surface area contributed by atoms with Gasteiger partial charge in [0.1, 0.15) is 12.0 Å². The fourth-order valence-electron chi connectivity index (χ4n) is 2.40. The van der Waals surface area contributed by atoms with Gasteiger partial charge in [-0.2, -0.15) is 4.68 Å². The number of rotatable bonds is 3. The average Bonchev–Trinajstić information content (AvgIpc) is 3.17. The predicted molar refractivity (Wildman–Crippen MR) is 76.5 cm³/mol. The van der Waals surface area contributed by atoms with Gasteiger partial charge in [-0.1, -0.05) is 0 Å². The molecule has 0 bridgehead atoms. The summed E-state index contributed by atoms with van der Waals surface area (Å²) in [6, 6.07) is 1.88. The first-order chi connectivity index (χ1) is 10.2. The van der Waals surface area contributed by atoms with Crippen LogP contribution in [0.4, 0.5) is 5.69 Å². The Balaban J connectivity index is 1.73. The second-order valence-corrected chi connectivity index (χ2v) is 5.19. The lowest BCUT2D eigenvalue weighted by Crippen LogP contribution is -2.40. The second-order valence-electron chi connectivity index (χ2n) is 5.19. The average molecular weight is 285 g/mol. The molecule has 8 heteroatoms. The molecular formula is C13H15N7O. The van der Waals surface area contributed by atoms with Crippen molar-refractivity contribution >= 4 is 5.69 Å². The summed E-state index contributed by atoms with van der Waals surface area (Å²) in [5, 5.41) is 6.39. The Morgan fingerprint density at radius 2 is 2.19 bits per heavy atom. The maximum Gasteiger partial charge on any atom is 0.298 e. The van der Waals surface area contributed by atoms with E-state index in [0.717, 1.165) is 18.5 Å². The lowest BCUT2D eigenvalue weighted by molar-refractivity contribution is 0.301. The number of nitrogens with one attached hydrogen (secondary N) is 2. The summed E-state index contributed by atoms with van der Waals surface area (Å²) in [5.41, 5.74) is 4.33. The standard InChI is InChI=1S/C13H15N7O/c1-18-16-4-5-19(18)11-7-17-20(13(11)21)12-6-10(9-2-3-9)14-8-15-12/h4-9,16-17H,2-3H2,1H3. The van der Waals surface area contributed by atoms with Gasteiger partial charge in [0.05, 0.1) is 0 Å². The quantitative estimate of drug-likeness (QED) is 0.853. The molecule has 1 saturated carbocycles. The van der Waals surface area contributed by atoms with Gasteiger partial charge in [-0.3, -0.25) is 14.9 Å². The van der Waals surface area contributed by atoms with Crippen molar-refractivity contribution in [2.45, 2.75) is 18.8 Å². The monoisotopic (exact) mass is 285 g/mol. The molecule has 0 amide bonds. The van der Waals surface area contributed by atoms with Gasteiger partial charge >= 0.3 is 0 Å². The van der Waals surface area contributed by atoms with Crippen LogP contribution in [-0.2, 0) is 0 Å². The molecule has 0 spiro atoms. The van der Waals surface area contributed by atoms with Crippen molar-refractivity contribution in [1.29, 1.82) is 0 Å². The number of H-pyrrole nitrogens is 1. The molecule has 0 saturated heterocycles. The molecule has 0 radical (unpaired) electrons. The summed E-state index contributed by atoms with van der Waals surface area (Å²) < 4.78 is 1.43. The van der Waals surface area contributed by atoms with E-state index in [0.29, 0.717) is 17.4 Å². The second kappa shape index (κ2) is 4.45. The minimum atomic E-state index is -0.157. The topological polar surface area (TPSA) is 82.1 Å². The smallest absolute Gasteiger partial charge is 0.298 e. The van der Waals surface area contributed by atoms with Crippen molar-refractivity contribution < 1.29 is 0 Å². The Kier molecular flexibility index (Phi) is 2.58. The Morgan fingerprint density at radius 1 is 1.33 bits per heavy atom. The van der Waals surface area contributed by atoms with E-state index >= 15 is 0 Å². The van der Waals surface area contributed by atoms with Crippen LogP contribution in [-0.4, -0.2) is 31.9 Å². The molecule has 0 unspecified atom stereocenters. The van der Waals surface area contributed by atoms with Crippen LogP contribution >= 0.6 is 0 Å². The zero-order chi connectivity index (χ0) is 14.4. The maximum atomic E-state index is 12.5. The molecule has 2 N–H and O–H groups in total. The lowest BCUT2D eigenvalue weighted by atomic mass is 10.3. The predicted octanol–water partition coefficient (Wildman–Crippen LogP) is 0.476. The molecule has 1 fully saturated rings. The minimum absolute atomic E-state index is 0.157. The third kappa shape index (κ3) is 2.00. The number of aromatic nitrogens is 4. The van der Waals surface area contributed by atoms with Crippen LogP contribution in [0.1, 0.15) is 24.5 Å². The van der Waals surface area contributed by atoms with Gasteiger partial charge in [0.2, 0.25) is 0 Å². The molecule has 4 rings (SSSR count). The number of hydrogen-bond donors (Lipinski definition) is 2. The fourth-order valence-corrected chi connectivity index (χ4v) is 2.40. The summed E-state index contributed by atoms with van der Waals surface area (Å²) in [7, 11) is 1.83. The van der Waals surface area contributed by atoms with E-state index in [1.807, 2.05) is 13.1 Å². The highest BCUT2D eigenvalue weighted by molar-refractivity contribution is 5.46. The van der Waals surface area contributed by atoms with E-state index in [1.54, 1.807) is 28.7 Å². The Hall–Kier alpha value is -2.61. The van der Waals surface area contributed by atoms with Gasteiger partial charge in [0, 0.05) is 43.3 Å².